The van der Waals surface area contributed by atoms with Crippen LogP contribution >= 0.6 is 11.6 Å². The van der Waals surface area contributed by atoms with Crippen LogP contribution in [-0.2, 0) is 0 Å². The maximum atomic E-state index is 12.7. The number of unbranched alkanes of at least 4 members (excludes halogenated alkanes) is 7. The molecule has 12 nitrogen and oxygen atoms in total. The van der Waals surface area contributed by atoms with E-state index in [1.54, 1.807) is 47.7 Å². The minimum atomic E-state index is -0.396. The van der Waals surface area contributed by atoms with Crippen molar-refractivity contribution in [2.75, 3.05) is 54.1 Å². The van der Waals surface area contributed by atoms with Crippen molar-refractivity contribution >= 4 is 23.2 Å². The Morgan fingerprint density at radius 3 is 1.86 bits per heavy atom. The second-order valence-electron chi connectivity index (χ2n) is 13.5. The van der Waals surface area contributed by atoms with Crippen molar-refractivity contribution in [3.05, 3.63) is 88.9 Å². The number of benzene rings is 4. The summed E-state index contributed by atoms with van der Waals surface area (Å²) >= 11 is 6.07. The second-order valence-corrected chi connectivity index (χ2v) is 14.0. The number of hydrogen-bond donors (Lipinski definition) is 2. The van der Waals surface area contributed by atoms with Crippen LogP contribution in [0.2, 0.25) is 5.02 Å². The van der Waals surface area contributed by atoms with E-state index >= 15 is 0 Å². The third-order valence-electron chi connectivity index (χ3n) is 9.80. The lowest BCUT2D eigenvalue weighted by Crippen LogP contribution is -2.38. The summed E-state index contributed by atoms with van der Waals surface area (Å²) in [6, 6.07) is 22.2. The summed E-state index contributed by atoms with van der Waals surface area (Å²) in [5.74, 6) is 4.57. The Labute approximate surface area is 338 Å². The zero-order valence-electron chi connectivity index (χ0n) is 33.1. The van der Waals surface area contributed by atoms with Crippen LogP contribution in [0.15, 0.2) is 77.3 Å². The number of rotatable bonds is 21. The number of amides is 1. The SMILES string of the molecule is COc1cc(C2NC(=O)c3cc(Cl)ccc3N2)ccc1OCCCCCCCCCCOc1cc(-c2cc(-c3cc(OC)c(OC)c(OC)c3)on2)ccc1OC. The van der Waals surface area contributed by atoms with Crippen LogP contribution in [0.4, 0.5) is 5.69 Å². The van der Waals surface area contributed by atoms with E-state index in [1.165, 1.54) is 12.8 Å². The Balaban J connectivity index is 0.879. The highest BCUT2D eigenvalue weighted by molar-refractivity contribution is 6.31. The number of nitrogens with zero attached hydrogens (tertiary/aromatic N) is 1. The molecule has 1 aliphatic rings. The van der Waals surface area contributed by atoms with Crippen molar-refractivity contribution in [3.8, 4) is 62.8 Å². The minimum Gasteiger partial charge on any atom is -0.493 e. The lowest BCUT2D eigenvalue weighted by molar-refractivity contribution is 0.0935. The van der Waals surface area contributed by atoms with Crippen LogP contribution in [0, 0.1) is 0 Å². The average molecular weight is 800 g/mol. The van der Waals surface area contributed by atoms with Crippen LogP contribution < -0.4 is 43.8 Å². The third kappa shape index (κ3) is 10.2. The molecule has 5 aromatic rings. The Morgan fingerprint density at radius 1 is 0.596 bits per heavy atom. The molecule has 0 aliphatic carbocycles. The molecule has 1 aliphatic heterocycles. The maximum Gasteiger partial charge on any atom is 0.255 e. The molecule has 1 amide bonds. The Bertz CT molecular complexity index is 2100. The molecule has 0 radical (unpaired) electrons. The van der Waals surface area contributed by atoms with Gasteiger partial charge in [-0.1, -0.05) is 61.3 Å². The van der Waals surface area contributed by atoms with Crippen molar-refractivity contribution in [1.82, 2.24) is 10.5 Å². The van der Waals surface area contributed by atoms with E-state index in [-0.39, 0.29) is 5.91 Å². The highest BCUT2D eigenvalue weighted by Crippen LogP contribution is 2.42. The number of carbonyl (C=O) groups is 1. The van der Waals surface area contributed by atoms with Gasteiger partial charge < -0.3 is 48.3 Å². The fourth-order valence-electron chi connectivity index (χ4n) is 6.73. The first kappa shape index (κ1) is 40.9. The molecular formula is C44H50ClN3O9. The lowest BCUT2D eigenvalue weighted by Gasteiger charge is -2.28. The smallest absolute Gasteiger partial charge is 0.255 e. The molecule has 0 bridgehead atoms. The number of halogens is 1. The molecule has 1 atom stereocenters. The van der Waals surface area contributed by atoms with Gasteiger partial charge in [0.05, 0.1) is 54.3 Å². The fraction of sp³-hybridized carbons (Fsp3) is 0.364. The molecule has 0 spiro atoms. The number of fused-ring (bicyclic) bond motifs is 1. The minimum absolute atomic E-state index is 0.181. The van der Waals surface area contributed by atoms with Crippen LogP contribution in [0.5, 0.6) is 40.2 Å². The van der Waals surface area contributed by atoms with Gasteiger partial charge in [-0.25, -0.2) is 0 Å². The summed E-state index contributed by atoms with van der Waals surface area (Å²) in [6.45, 7) is 1.20. The Hall–Kier alpha value is -5.75. The first-order chi connectivity index (χ1) is 27.8. The van der Waals surface area contributed by atoms with Gasteiger partial charge >= 0.3 is 0 Å². The van der Waals surface area contributed by atoms with Gasteiger partial charge in [-0.05, 0) is 79.1 Å². The molecule has 302 valence electrons. The van der Waals surface area contributed by atoms with Gasteiger partial charge in [0.25, 0.3) is 5.91 Å². The topological polar surface area (TPSA) is 132 Å². The van der Waals surface area contributed by atoms with E-state index in [1.807, 2.05) is 60.7 Å². The molecule has 2 N–H and O–H groups in total. The number of anilines is 1. The van der Waals surface area contributed by atoms with Crippen LogP contribution in [-0.4, -0.2) is 59.8 Å². The first-order valence-electron chi connectivity index (χ1n) is 19.1. The largest absolute Gasteiger partial charge is 0.493 e. The Kier molecular flexibility index (Phi) is 14.3. The number of methoxy groups -OCH3 is 5. The third-order valence-corrected chi connectivity index (χ3v) is 10.0. The molecule has 0 fully saturated rings. The first-order valence-corrected chi connectivity index (χ1v) is 19.5. The summed E-state index contributed by atoms with van der Waals surface area (Å²) in [5.41, 5.74) is 4.37. The van der Waals surface area contributed by atoms with E-state index in [9.17, 15) is 4.79 Å². The van der Waals surface area contributed by atoms with E-state index in [2.05, 4.69) is 15.8 Å². The standard InChI is InChI=1S/C44H50ClN3O9/c1-50-35-18-14-28(34-27-37(57-48-34)30-24-40(52-3)42(54-5)41(25-30)53-4)22-39(35)56-21-13-11-9-7-6-8-10-12-20-55-36-19-15-29(23-38(36)51-2)43-46-33-17-16-31(45)26-32(33)44(49)47-43/h14-19,22-27,43,46H,6-13,20-21H2,1-5H3,(H,47,49). The molecule has 4 aromatic carbocycles. The lowest BCUT2D eigenvalue weighted by atomic mass is 10.1. The summed E-state index contributed by atoms with van der Waals surface area (Å²) in [4.78, 5) is 12.7. The predicted molar refractivity (Wildman–Crippen MR) is 220 cm³/mol. The summed E-state index contributed by atoms with van der Waals surface area (Å²) in [5, 5.41) is 11.2. The van der Waals surface area contributed by atoms with Crippen molar-refractivity contribution in [1.29, 1.82) is 0 Å². The van der Waals surface area contributed by atoms with E-state index in [4.69, 9.17) is 49.3 Å². The van der Waals surface area contributed by atoms with Gasteiger partial charge in [-0.3, -0.25) is 4.79 Å². The fourth-order valence-corrected chi connectivity index (χ4v) is 6.90. The van der Waals surface area contributed by atoms with Gasteiger partial charge in [0, 0.05) is 27.9 Å². The van der Waals surface area contributed by atoms with Crippen LogP contribution in [0.25, 0.3) is 22.6 Å². The summed E-state index contributed by atoms with van der Waals surface area (Å²) in [6.07, 6.45) is 8.36. The van der Waals surface area contributed by atoms with Crippen molar-refractivity contribution in [2.45, 2.75) is 57.5 Å². The molecular weight excluding hydrogens is 750 g/mol. The molecule has 0 saturated heterocycles. The number of carbonyl (C=O) groups excluding carboxylic acids is 1. The molecule has 2 heterocycles. The van der Waals surface area contributed by atoms with Gasteiger partial charge in [0.1, 0.15) is 11.9 Å². The number of hydrogen-bond acceptors (Lipinski definition) is 11. The number of aromatic nitrogens is 1. The zero-order chi connectivity index (χ0) is 40.1. The van der Waals surface area contributed by atoms with Crippen molar-refractivity contribution in [2.24, 2.45) is 0 Å². The normalized spacial score (nSPS) is 13.2. The van der Waals surface area contributed by atoms with Crippen LogP contribution in [0.3, 0.4) is 0 Å². The summed E-state index contributed by atoms with van der Waals surface area (Å²) < 4.78 is 45.6. The summed E-state index contributed by atoms with van der Waals surface area (Å²) in [7, 11) is 7.97. The zero-order valence-corrected chi connectivity index (χ0v) is 33.8. The maximum absolute atomic E-state index is 12.7. The second kappa shape index (κ2) is 19.9. The van der Waals surface area contributed by atoms with Crippen LogP contribution in [0.1, 0.15) is 73.5 Å². The van der Waals surface area contributed by atoms with Gasteiger partial charge in [0.15, 0.2) is 40.3 Å². The van der Waals surface area contributed by atoms with Crippen molar-refractivity contribution in [3.63, 3.8) is 0 Å². The van der Waals surface area contributed by atoms with E-state index in [0.29, 0.717) is 75.5 Å². The molecule has 57 heavy (non-hydrogen) atoms. The quantitative estimate of drug-likeness (QED) is 0.0688. The molecule has 1 aromatic heterocycles. The van der Waals surface area contributed by atoms with Gasteiger partial charge in [0.2, 0.25) is 5.75 Å². The highest BCUT2D eigenvalue weighted by Gasteiger charge is 2.26. The predicted octanol–water partition coefficient (Wildman–Crippen LogP) is 10.1. The van der Waals surface area contributed by atoms with E-state index < -0.39 is 6.17 Å². The molecule has 1 unspecified atom stereocenters. The highest BCUT2D eigenvalue weighted by atomic mass is 35.5. The average Bonchev–Trinajstić information content (AvgIpc) is 3.74. The van der Waals surface area contributed by atoms with Gasteiger partial charge in [-0.15, -0.1) is 0 Å². The van der Waals surface area contributed by atoms with E-state index in [0.717, 1.165) is 60.9 Å². The Morgan fingerprint density at radius 2 is 1.21 bits per heavy atom. The number of ether oxygens (including phenoxy) is 7. The van der Waals surface area contributed by atoms with Gasteiger partial charge in [-0.2, -0.15) is 0 Å². The molecule has 6 rings (SSSR count). The number of nitrogens with one attached hydrogen (secondary N) is 2. The van der Waals surface area contributed by atoms with Crippen molar-refractivity contribution < 1.29 is 42.5 Å². The molecule has 13 heteroatoms. The monoisotopic (exact) mass is 799 g/mol. The molecule has 0 saturated carbocycles.